The molecule has 0 unspecified atom stereocenters. The van der Waals surface area contributed by atoms with E-state index in [0.29, 0.717) is 0 Å². The Morgan fingerprint density at radius 3 is 2.35 bits per heavy atom. The molecule has 6 amide bonds. The monoisotopic (exact) mass is 671 g/mol. The van der Waals surface area contributed by atoms with Crippen molar-refractivity contribution in [2.75, 3.05) is 19.6 Å². The van der Waals surface area contributed by atoms with Gasteiger partial charge in [0, 0.05) is 31.4 Å². The number of hydrogen-bond acceptors (Lipinski definition) is 8. The number of fused-ring (bicyclic) bond motifs is 2. The third-order valence-corrected chi connectivity index (χ3v) is 7.64. The van der Waals surface area contributed by atoms with Gasteiger partial charge in [0.05, 0.1) is 11.8 Å². The SMILES string of the molecule is CC(C)C[C@@H]1NC(=O)CN2C(=O)[C@H](CNC(=O)[C@@H](CNC(=O)/C=C/NC(=O)/C=C/C=C/CCC/C=C/CC[C@@H](C)O)NC1=O)NC2(C)C. The molecule has 0 aromatic heterocycles. The van der Waals surface area contributed by atoms with Crippen LogP contribution >= 0.6 is 0 Å². The second-order valence-corrected chi connectivity index (χ2v) is 12.9. The van der Waals surface area contributed by atoms with Gasteiger partial charge in [-0.3, -0.25) is 34.1 Å². The molecule has 2 bridgehead atoms. The van der Waals surface area contributed by atoms with E-state index in [4.69, 9.17) is 0 Å². The van der Waals surface area contributed by atoms with E-state index in [9.17, 15) is 33.9 Å². The molecule has 0 aromatic rings. The van der Waals surface area contributed by atoms with Crippen molar-refractivity contribution < 1.29 is 33.9 Å². The lowest BCUT2D eigenvalue weighted by Gasteiger charge is -2.31. The second kappa shape index (κ2) is 20.2. The van der Waals surface area contributed by atoms with E-state index in [1.807, 2.05) is 19.9 Å². The number of aliphatic hydroxyl groups is 1. The fourth-order valence-electron chi connectivity index (χ4n) is 5.09. The zero-order chi connectivity index (χ0) is 35.7. The Morgan fingerprint density at radius 1 is 0.938 bits per heavy atom. The number of unbranched alkanes of at least 4 members (excludes halogenated alkanes) is 2. The maximum absolute atomic E-state index is 13.2. The summed E-state index contributed by atoms with van der Waals surface area (Å²) in [6, 6.07) is -2.97. The first-order valence-corrected chi connectivity index (χ1v) is 16.6. The van der Waals surface area contributed by atoms with Gasteiger partial charge in [-0.05, 0) is 65.2 Å². The van der Waals surface area contributed by atoms with Crippen LogP contribution in [0.5, 0.6) is 0 Å². The van der Waals surface area contributed by atoms with Crippen LogP contribution in [-0.4, -0.2) is 95.0 Å². The maximum atomic E-state index is 13.2. The summed E-state index contributed by atoms with van der Waals surface area (Å²) in [5, 5.41) is 25.3. The molecule has 48 heavy (non-hydrogen) atoms. The van der Waals surface area contributed by atoms with Crippen LogP contribution in [0.2, 0.25) is 0 Å². The van der Waals surface area contributed by atoms with E-state index >= 15 is 0 Å². The lowest BCUT2D eigenvalue weighted by molar-refractivity contribution is -0.137. The van der Waals surface area contributed by atoms with Gasteiger partial charge in [0.15, 0.2) is 0 Å². The smallest absolute Gasteiger partial charge is 0.247 e. The summed E-state index contributed by atoms with van der Waals surface area (Å²) >= 11 is 0. The number of nitrogens with one attached hydrogen (secondary N) is 6. The van der Waals surface area contributed by atoms with Gasteiger partial charge in [-0.1, -0.05) is 44.2 Å². The average molecular weight is 672 g/mol. The normalized spacial score (nSPS) is 22.8. The Labute approximate surface area is 283 Å². The Balaban J connectivity index is 1.91. The van der Waals surface area contributed by atoms with Crippen LogP contribution < -0.4 is 31.9 Å². The molecule has 0 spiro atoms. The first kappa shape index (κ1) is 39.9. The van der Waals surface area contributed by atoms with Gasteiger partial charge in [-0.2, -0.15) is 0 Å². The molecule has 7 N–H and O–H groups in total. The first-order valence-electron chi connectivity index (χ1n) is 16.6. The largest absolute Gasteiger partial charge is 0.393 e. The molecule has 2 heterocycles. The summed E-state index contributed by atoms with van der Waals surface area (Å²) in [6.45, 7) is 8.40. The van der Waals surface area contributed by atoms with Gasteiger partial charge < -0.3 is 36.6 Å². The lowest BCUT2D eigenvalue weighted by Crippen LogP contribution is -2.59. The van der Waals surface area contributed by atoms with Crippen molar-refractivity contribution in [2.45, 2.75) is 103 Å². The van der Waals surface area contributed by atoms with Crippen molar-refractivity contribution in [3.63, 3.8) is 0 Å². The van der Waals surface area contributed by atoms with Gasteiger partial charge >= 0.3 is 0 Å². The van der Waals surface area contributed by atoms with Crippen molar-refractivity contribution in [1.82, 2.24) is 36.8 Å². The first-order chi connectivity index (χ1) is 22.7. The molecular formula is C34H53N7O7. The summed E-state index contributed by atoms with van der Waals surface area (Å²) < 4.78 is 0. The number of allylic oxidation sites excluding steroid dienone is 5. The van der Waals surface area contributed by atoms with E-state index in [2.05, 4.69) is 44.1 Å². The zero-order valence-corrected chi connectivity index (χ0v) is 28.7. The summed E-state index contributed by atoms with van der Waals surface area (Å²) in [4.78, 5) is 78.2. The second-order valence-electron chi connectivity index (χ2n) is 12.9. The van der Waals surface area contributed by atoms with Crippen molar-refractivity contribution in [3.8, 4) is 0 Å². The Morgan fingerprint density at radius 2 is 1.65 bits per heavy atom. The maximum Gasteiger partial charge on any atom is 0.247 e. The molecule has 0 aliphatic carbocycles. The molecule has 2 rings (SSSR count). The highest BCUT2D eigenvalue weighted by molar-refractivity contribution is 5.96. The number of nitrogens with zero attached hydrogens (tertiary/aromatic N) is 1. The molecule has 14 heteroatoms. The number of hydrogen-bond donors (Lipinski definition) is 7. The molecule has 0 radical (unpaired) electrons. The van der Waals surface area contributed by atoms with Crippen LogP contribution in [0.3, 0.4) is 0 Å². The topological polar surface area (TPSA) is 198 Å². The fourth-order valence-corrected chi connectivity index (χ4v) is 5.09. The van der Waals surface area contributed by atoms with Crippen LogP contribution in [-0.2, 0) is 28.8 Å². The van der Waals surface area contributed by atoms with E-state index < -0.39 is 53.3 Å². The molecule has 14 nitrogen and oxygen atoms in total. The molecule has 2 saturated heterocycles. The molecule has 2 aliphatic heterocycles. The quantitative estimate of drug-likeness (QED) is 0.0562. The molecule has 4 atom stereocenters. The molecule has 0 saturated carbocycles. The Bertz CT molecular complexity index is 1260. The fraction of sp³-hybridized carbons (Fsp3) is 0.588. The standard InChI is InChI=1S/C34H53N7O7/c1-23(2)19-25-32(47)39-26(31(46)37-21-27-33(48)41(22-30(45)38-25)34(4,5)40-27)20-36-29(44)17-18-35-28(43)16-14-12-10-8-6-7-9-11-13-15-24(3)42/h9-12,14,16-18,23-27,40,42H,6-8,13,15,19-22H2,1-5H3,(H,35,43)(H,36,44)(H,37,46)(H,38,45)(H,39,47)/b11-9+,12-10+,16-14+,18-17+/t24-,25+,26-,27+/m1/s1. The minimum absolute atomic E-state index is 0.0243. The highest BCUT2D eigenvalue weighted by Crippen LogP contribution is 2.21. The van der Waals surface area contributed by atoms with Crippen LogP contribution in [0.1, 0.15) is 73.1 Å². The van der Waals surface area contributed by atoms with Gasteiger partial charge in [-0.25, -0.2) is 0 Å². The molecule has 266 valence electrons. The summed E-state index contributed by atoms with van der Waals surface area (Å²) in [7, 11) is 0. The van der Waals surface area contributed by atoms with Crippen molar-refractivity contribution in [3.05, 3.63) is 48.7 Å². The van der Waals surface area contributed by atoms with Gasteiger partial charge in [-0.15, -0.1) is 0 Å². The lowest BCUT2D eigenvalue weighted by atomic mass is 10.0. The number of carbonyl (C=O) groups is 6. The molecular weight excluding hydrogens is 618 g/mol. The van der Waals surface area contributed by atoms with Crippen LogP contribution in [0.25, 0.3) is 0 Å². The average Bonchev–Trinajstić information content (AvgIpc) is 3.22. The third-order valence-electron chi connectivity index (χ3n) is 7.64. The van der Waals surface area contributed by atoms with E-state index in [0.717, 1.165) is 44.4 Å². The highest BCUT2D eigenvalue weighted by atomic mass is 16.3. The molecule has 2 fully saturated rings. The van der Waals surface area contributed by atoms with Crippen LogP contribution in [0.15, 0.2) is 48.7 Å². The number of aliphatic hydroxyl groups excluding tert-OH is 1. The van der Waals surface area contributed by atoms with Crippen LogP contribution in [0.4, 0.5) is 0 Å². The Hall–Kier alpha value is -4.30. The predicted octanol–water partition coefficient (Wildman–Crippen LogP) is 0.414. The molecule has 0 aromatic carbocycles. The predicted molar refractivity (Wildman–Crippen MR) is 182 cm³/mol. The highest BCUT2D eigenvalue weighted by Gasteiger charge is 2.45. The minimum atomic E-state index is -1.21. The number of amides is 6. The molecule has 2 aliphatic rings. The van der Waals surface area contributed by atoms with Crippen molar-refractivity contribution in [2.24, 2.45) is 5.92 Å². The third kappa shape index (κ3) is 14.6. The minimum Gasteiger partial charge on any atom is -0.393 e. The van der Waals surface area contributed by atoms with Crippen molar-refractivity contribution in [1.29, 1.82) is 0 Å². The zero-order valence-electron chi connectivity index (χ0n) is 28.7. The van der Waals surface area contributed by atoms with Gasteiger partial charge in [0.25, 0.3) is 0 Å². The van der Waals surface area contributed by atoms with E-state index in [1.54, 1.807) is 32.9 Å². The van der Waals surface area contributed by atoms with E-state index in [1.165, 1.54) is 11.0 Å². The summed E-state index contributed by atoms with van der Waals surface area (Å²) in [5.41, 5.74) is -0.857. The van der Waals surface area contributed by atoms with Crippen LogP contribution in [0, 0.1) is 5.92 Å². The summed E-state index contributed by atoms with van der Waals surface area (Å²) in [5.74, 6) is -3.13. The number of carbonyl (C=O) groups excluding carboxylic acids is 6. The number of rotatable bonds is 15. The summed E-state index contributed by atoms with van der Waals surface area (Å²) in [6.07, 6.45) is 17.4. The van der Waals surface area contributed by atoms with E-state index in [-0.39, 0.29) is 44.0 Å². The van der Waals surface area contributed by atoms with Gasteiger partial charge in [0.2, 0.25) is 35.4 Å². The Kier molecular flexibility index (Phi) is 16.7. The van der Waals surface area contributed by atoms with Gasteiger partial charge in [0.1, 0.15) is 24.7 Å². The van der Waals surface area contributed by atoms with Crippen molar-refractivity contribution >= 4 is 35.4 Å².